The minimum absolute atomic E-state index is 0.0845. The van der Waals surface area contributed by atoms with Gasteiger partial charge in [0, 0.05) is 12.1 Å². The van der Waals surface area contributed by atoms with Crippen molar-refractivity contribution in [2.24, 2.45) is 0 Å². The highest BCUT2D eigenvalue weighted by Gasteiger charge is 2.22. The third-order valence-corrected chi connectivity index (χ3v) is 3.37. The van der Waals surface area contributed by atoms with Gasteiger partial charge in [0.2, 0.25) is 0 Å². The van der Waals surface area contributed by atoms with E-state index in [-0.39, 0.29) is 6.10 Å². The lowest BCUT2D eigenvalue weighted by atomic mass is 10.1. The Labute approximate surface area is 118 Å². The number of pyridine rings is 1. The first-order chi connectivity index (χ1) is 9.76. The number of para-hydroxylation sites is 1. The number of fused-ring (bicyclic) bond motifs is 1. The molecular formula is C16H15N3O. The van der Waals surface area contributed by atoms with Gasteiger partial charge < -0.3 is 10.1 Å². The summed E-state index contributed by atoms with van der Waals surface area (Å²) in [5, 5.41) is 12.3. The number of nitrogens with one attached hydrogen (secondary N) is 1. The molecule has 1 aromatic heterocycles. The second-order valence-corrected chi connectivity index (χ2v) is 4.89. The van der Waals surface area contributed by atoms with Crippen LogP contribution >= 0.6 is 0 Å². The molecule has 1 aromatic carbocycles. The van der Waals surface area contributed by atoms with E-state index in [2.05, 4.69) is 22.4 Å². The quantitative estimate of drug-likeness (QED) is 0.927. The molecule has 1 aliphatic heterocycles. The van der Waals surface area contributed by atoms with Crippen LogP contribution in [0.25, 0.3) is 0 Å². The van der Waals surface area contributed by atoms with Crippen LogP contribution in [0.1, 0.15) is 16.8 Å². The SMILES string of the molecule is Cc1ccc(C#N)c(NCC2Cc3ccccc3O2)n1. The summed E-state index contributed by atoms with van der Waals surface area (Å²) in [6.45, 7) is 2.55. The highest BCUT2D eigenvalue weighted by atomic mass is 16.5. The lowest BCUT2D eigenvalue weighted by Gasteiger charge is -2.13. The molecule has 100 valence electrons. The van der Waals surface area contributed by atoms with Crippen LogP contribution in [-0.4, -0.2) is 17.6 Å². The van der Waals surface area contributed by atoms with Gasteiger partial charge in [0.05, 0.1) is 12.1 Å². The predicted octanol–water partition coefficient (Wildman–Crippen LogP) is 2.68. The second-order valence-electron chi connectivity index (χ2n) is 4.89. The molecule has 0 saturated carbocycles. The van der Waals surface area contributed by atoms with E-state index < -0.39 is 0 Å². The standard InChI is InChI=1S/C16H15N3O/c1-11-6-7-13(9-17)16(19-11)18-10-14-8-12-4-2-3-5-15(12)20-14/h2-7,14H,8,10H2,1H3,(H,18,19). The summed E-state index contributed by atoms with van der Waals surface area (Å²) in [7, 11) is 0. The van der Waals surface area contributed by atoms with Gasteiger partial charge in [-0.2, -0.15) is 5.26 Å². The van der Waals surface area contributed by atoms with Gasteiger partial charge in [-0.3, -0.25) is 0 Å². The van der Waals surface area contributed by atoms with Crippen LogP contribution in [0.3, 0.4) is 0 Å². The number of hydrogen-bond donors (Lipinski definition) is 1. The van der Waals surface area contributed by atoms with E-state index in [0.717, 1.165) is 17.9 Å². The topological polar surface area (TPSA) is 57.9 Å². The molecule has 2 heterocycles. The summed E-state index contributed by atoms with van der Waals surface area (Å²) in [5.41, 5.74) is 2.69. The zero-order valence-corrected chi connectivity index (χ0v) is 11.3. The molecule has 0 aliphatic carbocycles. The van der Waals surface area contributed by atoms with Gasteiger partial charge in [0.15, 0.2) is 0 Å². The van der Waals surface area contributed by atoms with Crippen molar-refractivity contribution in [3.8, 4) is 11.8 Å². The fourth-order valence-corrected chi connectivity index (χ4v) is 2.36. The van der Waals surface area contributed by atoms with Gasteiger partial charge in [0.1, 0.15) is 23.7 Å². The van der Waals surface area contributed by atoms with E-state index in [1.807, 2.05) is 31.2 Å². The normalized spacial score (nSPS) is 16.1. The van der Waals surface area contributed by atoms with Gasteiger partial charge in [-0.05, 0) is 30.7 Å². The van der Waals surface area contributed by atoms with Gasteiger partial charge in [-0.1, -0.05) is 18.2 Å². The molecule has 4 heteroatoms. The highest BCUT2D eigenvalue weighted by Crippen LogP contribution is 2.28. The van der Waals surface area contributed by atoms with E-state index in [4.69, 9.17) is 10.00 Å². The maximum Gasteiger partial charge on any atom is 0.144 e. The average Bonchev–Trinajstić information content (AvgIpc) is 2.88. The Hall–Kier alpha value is -2.54. The zero-order chi connectivity index (χ0) is 13.9. The molecule has 1 aliphatic rings. The summed E-state index contributed by atoms with van der Waals surface area (Å²) >= 11 is 0. The van der Waals surface area contributed by atoms with E-state index in [0.29, 0.717) is 17.9 Å². The number of anilines is 1. The lowest BCUT2D eigenvalue weighted by Crippen LogP contribution is -2.24. The van der Waals surface area contributed by atoms with E-state index in [1.165, 1.54) is 5.56 Å². The van der Waals surface area contributed by atoms with Crippen LogP contribution in [-0.2, 0) is 6.42 Å². The molecule has 2 aromatic rings. The van der Waals surface area contributed by atoms with Crippen molar-refractivity contribution in [1.82, 2.24) is 4.98 Å². The molecule has 0 fully saturated rings. The molecule has 4 nitrogen and oxygen atoms in total. The van der Waals surface area contributed by atoms with E-state index >= 15 is 0 Å². The van der Waals surface area contributed by atoms with Crippen molar-refractivity contribution in [2.45, 2.75) is 19.4 Å². The minimum Gasteiger partial charge on any atom is -0.488 e. The lowest BCUT2D eigenvalue weighted by molar-refractivity contribution is 0.246. The van der Waals surface area contributed by atoms with Crippen LogP contribution in [0.2, 0.25) is 0 Å². The van der Waals surface area contributed by atoms with Crippen LogP contribution in [0.15, 0.2) is 36.4 Å². The fraction of sp³-hybridized carbons (Fsp3) is 0.250. The van der Waals surface area contributed by atoms with Crippen molar-refractivity contribution in [1.29, 1.82) is 5.26 Å². The third kappa shape index (κ3) is 2.43. The highest BCUT2D eigenvalue weighted by molar-refractivity contribution is 5.52. The largest absolute Gasteiger partial charge is 0.488 e. The van der Waals surface area contributed by atoms with Gasteiger partial charge >= 0.3 is 0 Å². The van der Waals surface area contributed by atoms with Gasteiger partial charge in [-0.25, -0.2) is 4.98 Å². The third-order valence-electron chi connectivity index (χ3n) is 3.37. The number of aromatic nitrogens is 1. The molecule has 0 radical (unpaired) electrons. The first kappa shape index (κ1) is 12.5. The maximum absolute atomic E-state index is 9.08. The van der Waals surface area contributed by atoms with Crippen LogP contribution in [0, 0.1) is 18.3 Å². The Kier molecular flexibility index (Phi) is 3.26. The van der Waals surface area contributed by atoms with Crippen LogP contribution < -0.4 is 10.1 Å². The van der Waals surface area contributed by atoms with Crippen molar-refractivity contribution in [3.05, 3.63) is 53.2 Å². The molecule has 1 N–H and O–H groups in total. The Morgan fingerprint density at radius 3 is 3.00 bits per heavy atom. The van der Waals surface area contributed by atoms with E-state index in [1.54, 1.807) is 6.07 Å². The zero-order valence-electron chi connectivity index (χ0n) is 11.3. The Morgan fingerprint density at radius 1 is 1.35 bits per heavy atom. The molecule has 0 saturated heterocycles. The smallest absolute Gasteiger partial charge is 0.144 e. The number of aryl methyl sites for hydroxylation is 1. The van der Waals surface area contributed by atoms with E-state index in [9.17, 15) is 0 Å². The Bertz CT molecular complexity index is 651. The van der Waals surface area contributed by atoms with Crippen molar-refractivity contribution in [2.75, 3.05) is 11.9 Å². The molecule has 0 amide bonds. The molecule has 0 spiro atoms. The number of ether oxygens (including phenoxy) is 1. The molecule has 3 rings (SSSR count). The van der Waals surface area contributed by atoms with Gasteiger partial charge in [0.25, 0.3) is 0 Å². The first-order valence-electron chi connectivity index (χ1n) is 6.62. The molecule has 20 heavy (non-hydrogen) atoms. The number of nitriles is 1. The van der Waals surface area contributed by atoms with Gasteiger partial charge in [-0.15, -0.1) is 0 Å². The summed E-state index contributed by atoms with van der Waals surface area (Å²) < 4.78 is 5.86. The molecule has 1 atom stereocenters. The number of hydrogen-bond acceptors (Lipinski definition) is 4. The minimum atomic E-state index is 0.0845. The molecule has 1 unspecified atom stereocenters. The Morgan fingerprint density at radius 2 is 2.20 bits per heavy atom. The Balaban J connectivity index is 1.67. The summed E-state index contributed by atoms with van der Waals surface area (Å²) in [6, 6.07) is 13.8. The second kappa shape index (κ2) is 5.22. The summed E-state index contributed by atoms with van der Waals surface area (Å²) in [6.07, 6.45) is 0.970. The average molecular weight is 265 g/mol. The van der Waals surface area contributed by atoms with Crippen molar-refractivity contribution < 1.29 is 4.74 Å². The monoisotopic (exact) mass is 265 g/mol. The fourth-order valence-electron chi connectivity index (χ4n) is 2.36. The van der Waals surface area contributed by atoms with Crippen molar-refractivity contribution >= 4 is 5.82 Å². The number of benzene rings is 1. The number of nitrogens with zero attached hydrogens (tertiary/aromatic N) is 2. The molecule has 0 bridgehead atoms. The predicted molar refractivity (Wildman–Crippen MR) is 76.7 cm³/mol. The van der Waals surface area contributed by atoms with Crippen molar-refractivity contribution in [3.63, 3.8) is 0 Å². The number of rotatable bonds is 3. The first-order valence-corrected chi connectivity index (χ1v) is 6.62. The summed E-state index contributed by atoms with van der Waals surface area (Å²) in [4.78, 5) is 4.36. The van der Waals surface area contributed by atoms with Crippen LogP contribution in [0.4, 0.5) is 5.82 Å². The summed E-state index contributed by atoms with van der Waals surface area (Å²) in [5.74, 6) is 1.59. The molecular weight excluding hydrogens is 250 g/mol. The maximum atomic E-state index is 9.08. The van der Waals surface area contributed by atoms with Crippen LogP contribution in [0.5, 0.6) is 5.75 Å².